The SMILES string of the molecule is COc1ccccc1N=C1NC(=O)/C(=C/c2ccc3c(c2)OC(F)(F)O3)S1. The molecule has 138 valence electrons. The molecular weight excluding hydrogens is 378 g/mol. The number of aliphatic imine (C=N–C) groups is 1. The van der Waals surface area contributed by atoms with Crippen LogP contribution in [0.5, 0.6) is 17.2 Å². The van der Waals surface area contributed by atoms with Crippen LogP contribution in [0.15, 0.2) is 52.4 Å². The molecule has 0 saturated carbocycles. The van der Waals surface area contributed by atoms with Crippen molar-refractivity contribution in [2.24, 2.45) is 4.99 Å². The molecule has 2 aromatic carbocycles. The van der Waals surface area contributed by atoms with Gasteiger partial charge in [-0.2, -0.15) is 0 Å². The summed E-state index contributed by atoms with van der Waals surface area (Å²) in [6, 6.07) is 11.5. The van der Waals surface area contributed by atoms with Crippen LogP contribution in [0.25, 0.3) is 6.08 Å². The lowest BCUT2D eigenvalue weighted by Crippen LogP contribution is -2.25. The Labute approximate surface area is 156 Å². The topological polar surface area (TPSA) is 69.2 Å². The molecule has 27 heavy (non-hydrogen) atoms. The Bertz CT molecular complexity index is 991. The van der Waals surface area contributed by atoms with E-state index in [0.29, 0.717) is 27.1 Å². The molecular formula is C18H12F2N2O4S. The lowest BCUT2D eigenvalue weighted by atomic mass is 10.2. The molecule has 0 unspecified atom stereocenters. The van der Waals surface area contributed by atoms with E-state index in [9.17, 15) is 13.6 Å². The van der Waals surface area contributed by atoms with Crippen molar-refractivity contribution < 1.29 is 27.8 Å². The molecule has 0 radical (unpaired) electrons. The number of benzene rings is 2. The minimum Gasteiger partial charge on any atom is -0.494 e. The Morgan fingerprint density at radius 2 is 1.96 bits per heavy atom. The van der Waals surface area contributed by atoms with Crippen LogP contribution in [-0.4, -0.2) is 24.5 Å². The first kappa shape index (κ1) is 17.3. The number of nitrogens with zero attached hydrogens (tertiary/aromatic N) is 1. The van der Waals surface area contributed by atoms with E-state index in [1.807, 2.05) is 12.1 Å². The molecule has 2 aliphatic heterocycles. The lowest BCUT2D eigenvalue weighted by molar-refractivity contribution is -0.286. The van der Waals surface area contributed by atoms with Gasteiger partial charge in [-0.05, 0) is 47.7 Å². The number of hydrogen-bond acceptors (Lipinski definition) is 6. The number of rotatable bonds is 3. The van der Waals surface area contributed by atoms with Crippen LogP contribution in [0, 0.1) is 0 Å². The van der Waals surface area contributed by atoms with Crippen molar-refractivity contribution in [3.8, 4) is 17.2 Å². The number of methoxy groups -OCH3 is 1. The fraction of sp³-hybridized carbons (Fsp3) is 0.111. The average molecular weight is 390 g/mol. The van der Waals surface area contributed by atoms with E-state index in [1.54, 1.807) is 24.3 Å². The Kier molecular flexibility index (Phi) is 4.23. The van der Waals surface area contributed by atoms with Gasteiger partial charge in [-0.15, -0.1) is 8.78 Å². The van der Waals surface area contributed by atoms with E-state index in [0.717, 1.165) is 11.8 Å². The summed E-state index contributed by atoms with van der Waals surface area (Å²) in [6.45, 7) is 0. The monoisotopic (exact) mass is 390 g/mol. The number of amides is 1. The smallest absolute Gasteiger partial charge is 0.494 e. The van der Waals surface area contributed by atoms with Gasteiger partial charge in [0.15, 0.2) is 16.7 Å². The molecule has 1 fully saturated rings. The minimum absolute atomic E-state index is 0.0518. The van der Waals surface area contributed by atoms with Crippen molar-refractivity contribution in [1.82, 2.24) is 5.32 Å². The summed E-state index contributed by atoms with van der Waals surface area (Å²) in [5.41, 5.74) is 1.10. The second kappa shape index (κ2) is 6.58. The summed E-state index contributed by atoms with van der Waals surface area (Å²) in [4.78, 5) is 16.9. The third-order valence-electron chi connectivity index (χ3n) is 3.68. The number of para-hydroxylation sites is 2. The zero-order chi connectivity index (χ0) is 19.0. The summed E-state index contributed by atoms with van der Waals surface area (Å²) >= 11 is 1.14. The Balaban J connectivity index is 1.58. The van der Waals surface area contributed by atoms with Gasteiger partial charge in [-0.3, -0.25) is 4.79 Å². The van der Waals surface area contributed by atoms with Crippen molar-refractivity contribution in [3.05, 3.63) is 52.9 Å². The zero-order valence-corrected chi connectivity index (χ0v) is 14.7. The summed E-state index contributed by atoms with van der Waals surface area (Å²) in [7, 11) is 1.54. The predicted octanol–water partition coefficient (Wildman–Crippen LogP) is 3.91. The third-order valence-corrected chi connectivity index (χ3v) is 4.59. The van der Waals surface area contributed by atoms with Crippen molar-refractivity contribution >= 4 is 34.6 Å². The Morgan fingerprint density at radius 1 is 1.19 bits per heavy atom. The van der Waals surface area contributed by atoms with Gasteiger partial charge in [0.25, 0.3) is 5.91 Å². The summed E-state index contributed by atoms with van der Waals surface area (Å²) in [5, 5.41) is 3.06. The molecule has 1 amide bonds. The number of halogens is 2. The third kappa shape index (κ3) is 3.59. The van der Waals surface area contributed by atoms with Crippen molar-refractivity contribution in [3.63, 3.8) is 0 Å². The number of carbonyl (C=O) groups excluding carboxylic acids is 1. The van der Waals surface area contributed by atoms with Gasteiger partial charge in [0.05, 0.1) is 12.0 Å². The van der Waals surface area contributed by atoms with Crippen molar-refractivity contribution in [1.29, 1.82) is 0 Å². The van der Waals surface area contributed by atoms with E-state index in [-0.39, 0.29) is 17.4 Å². The molecule has 1 N–H and O–H groups in total. The largest absolute Gasteiger partial charge is 0.586 e. The summed E-state index contributed by atoms with van der Waals surface area (Å²) in [6.07, 6.45) is -2.12. The minimum atomic E-state index is -3.68. The van der Waals surface area contributed by atoms with Gasteiger partial charge in [0.1, 0.15) is 11.4 Å². The van der Waals surface area contributed by atoms with Gasteiger partial charge < -0.3 is 19.5 Å². The van der Waals surface area contributed by atoms with Gasteiger partial charge >= 0.3 is 6.29 Å². The van der Waals surface area contributed by atoms with Crippen molar-refractivity contribution in [2.45, 2.75) is 6.29 Å². The highest BCUT2D eigenvalue weighted by molar-refractivity contribution is 8.18. The summed E-state index contributed by atoms with van der Waals surface area (Å²) < 4.78 is 40.2. The first-order valence-corrected chi connectivity index (χ1v) is 8.58. The van der Waals surface area contributed by atoms with Crippen LogP contribution in [0.3, 0.4) is 0 Å². The van der Waals surface area contributed by atoms with Crippen LogP contribution < -0.4 is 19.5 Å². The van der Waals surface area contributed by atoms with Crippen LogP contribution in [-0.2, 0) is 4.79 Å². The highest BCUT2D eigenvalue weighted by Crippen LogP contribution is 2.42. The molecule has 0 aromatic heterocycles. The zero-order valence-electron chi connectivity index (χ0n) is 13.9. The van der Waals surface area contributed by atoms with E-state index in [2.05, 4.69) is 19.8 Å². The molecule has 4 rings (SSSR count). The molecule has 1 saturated heterocycles. The standard InChI is InChI=1S/C18H12F2N2O4S/c1-24-12-5-3-2-4-11(12)21-17-22-16(23)15(27-17)9-10-6-7-13-14(8-10)26-18(19,20)25-13/h2-9H,1H3,(H,21,22,23)/b15-9-. The quantitative estimate of drug-likeness (QED) is 0.805. The number of ether oxygens (including phenoxy) is 3. The Hall–Kier alpha value is -3.07. The average Bonchev–Trinajstić information content (AvgIpc) is 3.12. The second-order valence-electron chi connectivity index (χ2n) is 5.53. The highest BCUT2D eigenvalue weighted by Gasteiger charge is 2.43. The number of alkyl halides is 2. The first-order valence-electron chi connectivity index (χ1n) is 7.76. The van der Waals surface area contributed by atoms with Crippen LogP contribution in [0.4, 0.5) is 14.5 Å². The van der Waals surface area contributed by atoms with Gasteiger partial charge in [0, 0.05) is 0 Å². The molecule has 9 heteroatoms. The van der Waals surface area contributed by atoms with E-state index >= 15 is 0 Å². The number of carbonyl (C=O) groups is 1. The van der Waals surface area contributed by atoms with Gasteiger partial charge in [0.2, 0.25) is 0 Å². The van der Waals surface area contributed by atoms with Crippen LogP contribution in [0.2, 0.25) is 0 Å². The highest BCUT2D eigenvalue weighted by atomic mass is 32.2. The normalized spacial score (nSPS) is 20.2. The lowest BCUT2D eigenvalue weighted by Gasteiger charge is -2.04. The number of fused-ring (bicyclic) bond motifs is 1. The van der Waals surface area contributed by atoms with E-state index in [1.165, 1.54) is 19.2 Å². The second-order valence-corrected chi connectivity index (χ2v) is 6.56. The molecule has 2 heterocycles. The summed E-state index contributed by atoms with van der Waals surface area (Å²) in [5.74, 6) is 0.107. The predicted molar refractivity (Wildman–Crippen MR) is 96.4 cm³/mol. The fourth-order valence-corrected chi connectivity index (χ4v) is 3.35. The van der Waals surface area contributed by atoms with Crippen molar-refractivity contribution in [2.75, 3.05) is 7.11 Å². The number of hydrogen-bond donors (Lipinski definition) is 1. The number of amidine groups is 1. The Morgan fingerprint density at radius 3 is 2.78 bits per heavy atom. The van der Waals surface area contributed by atoms with Crippen LogP contribution >= 0.6 is 11.8 Å². The molecule has 2 aromatic rings. The number of thioether (sulfide) groups is 1. The fourth-order valence-electron chi connectivity index (χ4n) is 2.52. The van der Waals surface area contributed by atoms with E-state index < -0.39 is 6.29 Å². The maximum absolute atomic E-state index is 13.1. The van der Waals surface area contributed by atoms with Gasteiger partial charge in [-0.25, -0.2) is 4.99 Å². The molecule has 2 aliphatic rings. The van der Waals surface area contributed by atoms with Crippen LogP contribution in [0.1, 0.15) is 5.56 Å². The maximum Gasteiger partial charge on any atom is 0.586 e. The molecule has 0 bridgehead atoms. The molecule has 0 atom stereocenters. The number of nitrogens with one attached hydrogen (secondary N) is 1. The van der Waals surface area contributed by atoms with Gasteiger partial charge in [-0.1, -0.05) is 18.2 Å². The first-order chi connectivity index (χ1) is 12.9. The molecule has 6 nitrogen and oxygen atoms in total. The molecule has 0 spiro atoms. The van der Waals surface area contributed by atoms with E-state index in [4.69, 9.17) is 4.74 Å². The maximum atomic E-state index is 13.1. The molecule has 0 aliphatic carbocycles.